The fourth-order valence-electron chi connectivity index (χ4n) is 1.61. The molecule has 0 aliphatic rings. The Balaban J connectivity index is 2.74. The predicted octanol–water partition coefficient (Wildman–Crippen LogP) is 2.17. The molecule has 1 aromatic carbocycles. The van der Waals surface area contributed by atoms with Crippen molar-refractivity contribution >= 4 is 34.5 Å². The van der Waals surface area contributed by atoms with Crippen molar-refractivity contribution in [3.63, 3.8) is 0 Å². The van der Waals surface area contributed by atoms with Crippen LogP contribution in [0, 0.1) is 9.49 Å². The Morgan fingerprint density at radius 3 is 2.56 bits per heavy atom. The second kappa shape index (κ2) is 6.72. The number of hydrogen-bond donors (Lipinski definition) is 0. The highest BCUT2D eigenvalue weighted by atomic mass is 127. The molecule has 0 aliphatic carbocycles. The van der Waals surface area contributed by atoms with Gasteiger partial charge in [-0.05, 0) is 34.7 Å². The number of benzene rings is 1. The number of carbonyl (C=O) groups excluding carboxylic acids is 2. The maximum atomic E-state index is 12.2. The molecule has 0 N–H and O–H groups in total. The molecule has 1 unspecified atom stereocenters. The first-order valence-electron chi connectivity index (χ1n) is 5.55. The molecular formula is C13H16INO3. The van der Waals surface area contributed by atoms with Crippen LogP contribution in [0.5, 0.6) is 0 Å². The van der Waals surface area contributed by atoms with Gasteiger partial charge in [0.15, 0.2) is 0 Å². The van der Waals surface area contributed by atoms with Gasteiger partial charge in [-0.25, -0.2) is 0 Å². The van der Waals surface area contributed by atoms with Crippen LogP contribution in [0.15, 0.2) is 24.3 Å². The van der Waals surface area contributed by atoms with Gasteiger partial charge in [-0.2, -0.15) is 0 Å². The Bertz CT molecular complexity index is 448. The topological polar surface area (TPSA) is 46.6 Å². The maximum Gasteiger partial charge on any atom is 0.310 e. The van der Waals surface area contributed by atoms with E-state index < -0.39 is 0 Å². The lowest BCUT2D eigenvalue weighted by molar-refractivity contribution is -0.145. The van der Waals surface area contributed by atoms with Gasteiger partial charge in [0.25, 0.3) is 5.91 Å². The highest BCUT2D eigenvalue weighted by molar-refractivity contribution is 14.1. The minimum Gasteiger partial charge on any atom is -0.469 e. The fourth-order valence-corrected chi connectivity index (χ4v) is 2.23. The molecule has 0 heterocycles. The molecule has 1 rings (SSSR count). The Kier molecular flexibility index (Phi) is 5.58. The summed E-state index contributed by atoms with van der Waals surface area (Å²) < 4.78 is 5.54. The van der Waals surface area contributed by atoms with Crippen LogP contribution in [-0.4, -0.2) is 37.5 Å². The average Bonchev–Trinajstić information content (AvgIpc) is 2.37. The average molecular weight is 361 g/mol. The Morgan fingerprint density at radius 1 is 1.39 bits per heavy atom. The summed E-state index contributed by atoms with van der Waals surface area (Å²) in [4.78, 5) is 25.0. The maximum absolute atomic E-state index is 12.2. The van der Waals surface area contributed by atoms with E-state index >= 15 is 0 Å². The third-order valence-electron chi connectivity index (χ3n) is 2.60. The van der Waals surface area contributed by atoms with E-state index in [1.54, 1.807) is 24.9 Å². The molecule has 1 aromatic rings. The minimum absolute atomic E-state index is 0.0873. The standard InChI is InChI=1S/C13H16INO3/c1-9(13(17)18-3)8-15(2)12(16)10-6-4-5-7-11(10)14/h4-7,9H,8H2,1-3H3. The predicted molar refractivity (Wildman–Crippen MR) is 77.3 cm³/mol. The lowest BCUT2D eigenvalue weighted by atomic mass is 10.1. The molecule has 98 valence electrons. The third kappa shape index (κ3) is 3.69. The van der Waals surface area contributed by atoms with Gasteiger partial charge >= 0.3 is 5.97 Å². The van der Waals surface area contributed by atoms with Crippen molar-refractivity contribution in [2.45, 2.75) is 6.92 Å². The summed E-state index contributed by atoms with van der Waals surface area (Å²) in [6.45, 7) is 2.09. The number of amides is 1. The van der Waals surface area contributed by atoms with Gasteiger partial charge in [0.1, 0.15) is 0 Å². The van der Waals surface area contributed by atoms with E-state index in [9.17, 15) is 9.59 Å². The van der Waals surface area contributed by atoms with Crippen LogP contribution in [0.25, 0.3) is 0 Å². The molecule has 0 saturated carbocycles. The van der Waals surface area contributed by atoms with Crippen molar-refractivity contribution in [2.75, 3.05) is 20.7 Å². The largest absolute Gasteiger partial charge is 0.469 e. The first-order chi connectivity index (χ1) is 8.47. The van der Waals surface area contributed by atoms with Crippen molar-refractivity contribution in [3.05, 3.63) is 33.4 Å². The van der Waals surface area contributed by atoms with Gasteiger partial charge in [0.2, 0.25) is 0 Å². The Hall–Kier alpha value is -1.11. The molecule has 0 spiro atoms. The highest BCUT2D eigenvalue weighted by Crippen LogP contribution is 2.14. The molecule has 5 heteroatoms. The number of ether oxygens (including phenoxy) is 1. The summed E-state index contributed by atoms with van der Waals surface area (Å²) in [5, 5.41) is 0. The number of carbonyl (C=O) groups is 2. The number of methoxy groups -OCH3 is 1. The summed E-state index contributed by atoms with van der Waals surface area (Å²) >= 11 is 2.12. The van der Waals surface area contributed by atoms with E-state index in [0.29, 0.717) is 12.1 Å². The number of halogens is 1. The SMILES string of the molecule is COC(=O)C(C)CN(C)C(=O)c1ccccc1I. The second-order valence-corrected chi connectivity index (χ2v) is 5.25. The summed E-state index contributed by atoms with van der Waals surface area (Å²) in [7, 11) is 3.03. The quantitative estimate of drug-likeness (QED) is 0.610. The summed E-state index contributed by atoms with van der Waals surface area (Å²) in [6.07, 6.45) is 0. The Labute approximate surface area is 120 Å². The lowest BCUT2D eigenvalue weighted by Gasteiger charge is -2.20. The molecule has 0 radical (unpaired) electrons. The smallest absolute Gasteiger partial charge is 0.310 e. The Morgan fingerprint density at radius 2 is 2.00 bits per heavy atom. The van der Waals surface area contributed by atoms with Crippen LogP contribution < -0.4 is 0 Å². The van der Waals surface area contributed by atoms with Crippen LogP contribution in [0.3, 0.4) is 0 Å². The fraction of sp³-hybridized carbons (Fsp3) is 0.385. The molecular weight excluding hydrogens is 345 g/mol. The van der Waals surface area contributed by atoms with E-state index in [1.165, 1.54) is 7.11 Å². The van der Waals surface area contributed by atoms with Gasteiger partial charge in [0.05, 0.1) is 18.6 Å². The van der Waals surface area contributed by atoms with Crippen LogP contribution in [0.4, 0.5) is 0 Å². The first kappa shape index (κ1) is 14.9. The number of hydrogen-bond acceptors (Lipinski definition) is 3. The zero-order valence-corrected chi connectivity index (χ0v) is 12.8. The van der Waals surface area contributed by atoms with Gasteiger partial charge in [-0.3, -0.25) is 9.59 Å². The number of nitrogens with zero attached hydrogens (tertiary/aromatic N) is 1. The van der Waals surface area contributed by atoms with E-state index in [1.807, 2.05) is 18.2 Å². The first-order valence-corrected chi connectivity index (χ1v) is 6.63. The van der Waals surface area contributed by atoms with E-state index in [2.05, 4.69) is 27.3 Å². The molecule has 18 heavy (non-hydrogen) atoms. The zero-order valence-electron chi connectivity index (χ0n) is 10.6. The van der Waals surface area contributed by atoms with Crippen LogP contribution in [0.1, 0.15) is 17.3 Å². The molecule has 0 fully saturated rings. The zero-order chi connectivity index (χ0) is 13.7. The van der Waals surface area contributed by atoms with Crippen LogP contribution in [0.2, 0.25) is 0 Å². The van der Waals surface area contributed by atoms with Crippen molar-refractivity contribution in [2.24, 2.45) is 5.92 Å². The van der Waals surface area contributed by atoms with Gasteiger partial charge in [-0.1, -0.05) is 19.1 Å². The highest BCUT2D eigenvalue weighted by Gasteiger charge is 2.20. The minimum atomic E-state index is -0.328. The lowest BCUT2D eigenvalue weighted by Crippen LogP contribution is -2.34. The van der Waals surface area contributed by atoms with Crippen molar-refractivity contribution in [3.8, 4) is 0 Å². The molecule has 4 nitrogen and oxygen atoms in total. The normalized spacial score (nSPS) is 11.8. The van der Waals surface area contributed by atoms with E-state index in [4.69, 9.17) is 0 Å². The summed E-state index contributed by atoms with van der Waals surface area (Å²) in [5.41, 5.74) is 0.651. The molecule has 0 aromatic heterocycles. The summed E-state index contributed by atoms with van der Waals surface area (Å²) in [5.74, 6) is -0.724. The molecule has 0 bridgehead atoms. The monoisotopic (exact) mass is 361 g/mol. The van der Waals surface area contributed by atoms with E-state index in [0.717, 1.165) is 3.57 Å². The van der Waals surface area contributed by atoms with Crippen molar-refractivity contribution in [1.82, 2.24) is 4.90 Å². The van der Waals surface area contributed by atoms with Crippen LogP contribution >= 0.6 is 22.6 Å². The van der Waals surface area contributed by atoms with Crippen LogP contribution in [-0.2, 0) is 9.53 Å². The van der Waals surface area contributed by atoms with Gasteiger partial charge < -0.3 is 9.64 Å². The van der Waals surface area contributed by atoms with E-state index in [-0.39, 0.29) is 17.8 Å². The van der Waals surface area contributed by atoms with Crippen molar-refractivity contribution in [1.29, 1.82) is 0 Å². The summed E-state index contributed by atoms with van der Waals surface area (Å²) in [6, 6.07) is 7.37. The molecule has 0 saturated heterocycles. The molecule has 1 atom stereocenters. The van der Waals surface area contributed by atoms with Gasteiger partial charge in [-0.15, -0.1) is 0 Å². The number of esters is 1. The van der Waals surface area contributed by atoms with Gasteiger partial charge in [0, 0.05) is 17.2 Å². The third-order valence-corrected chi connectivity index (χ3v) is 3.54. The molecule has 1 amide bonds. The van der Waals surface area contributed by atoms with Crippen molar-refractivity contribution < 1.29 is 14.3 Å². The second-order valence-electron chi connectivity index (χ2n) is 4.09. The molecule has 0 aliphatic heterocycles. The number of rotatable bonds is 4.